The van der Waals surface area contributed by atoms with Gasteiger partial charge in [0, 0.05) is 10.9 Å². The van der Waals surface area contributed by atoms with E-state index in [1.807, 2.05) is 23.5 Å². The molecule has 1 atom stereocenters. The topological polar surface area (TPSA) is 21.3 Å². The van der Waals surface area contributed by atoms with Crippen LogP contribution in [0.4, 0.5) is 0 Å². The van der Waals surface area contributed by atoms with Gasteiger partial charge < -0.3 is 10.1 Å². The molecule has 0 bridgehead atoms. The molecular weight excluding hydrogens is 346 g/mol. The fourth-order valence-corrected chi connectivity index (χ4v) is 3.99. The van der Waals surface area contributed by atoms with Gasteiger partial charge in [0.15, 0.2) is 0 Å². The van der Waals surface area contributed by atoms with Gasteiger partial charge in [-0.25, -0.2) is 0 Å². The van der Waals surface area contributed by atoms with Crippen LogP contribution < -0.4 is 10.1 Å². The van der Waals surface area contributed by atoms with Crippen LogP contribution in [0.5, 0.6) is 5.75 Å². The van der Waals surface area contributed by atoms with Gasteiger partial charge in [-0.1, -0.05) is 25.1 Å². The second-order valence-electron chi connectivity index (χ2n) is 5.13. The third kappa shape index (κ3) is 4.31. The second kappa shape index (κ2) is 7.97. The maximum absolute atomic E-state index is 5.48. The lowest BCUT2D eigenvalue weighted by Gasteiger charge is -2.18. The van der Waals surface area contributed by atoms with E-state index in [2.05, 4.69) is 53.3 Å². The molecule has 0 saturated heterocycles. The van der Waals surface area contributed by atoms with Gasteiger partial charge in [0.05, 0.1) is 10.9 Å². The maximum atomic E-state index is 5.48. The molecule has 0 radical (unpaired) electrons. The first-order valence-electron chi connectivity index (χ1n) is 7.26. The monoisotopic (exact) mass is 367 g/mol. The Morgan fingerprint density at radius 2 is 2.10 bits per heavy atom. The van der Waals surface area contributed by atoms with Crippen molar-refractivity contribution in [3.05, 3.63) is 50.1 Å². The number of benzene rings is 1. The fraction of sp³-hybridized carbons (Fsp3) is 0.412. The SMILES string of the molecule is CCCNC(Cc1ccccc1OC)c1cc(C)c(Br)s1. The molecule has 0 fully saturated rings. The molecule has 2 aromatic rings. The van der Waals surface area contributed by atoms with E-state index in [-0.39, 0.29) is 0 Å². The average molecular weight is 368 g/mol. The second-order valence-corrected chi connectivity index (χ2v) is 7.53. The summed E-state index contributed by atoms with van der Waals surface area (Å²) in [4.78, 5) is 1.37. The van der Waals surface area contributed by atoms with Crippen LogP contribution in [0.2, 0.25) is 0 Å². The third-order valence-electron chi connectivity index (χ3n) is 3.48. The molecule has 0 amide bonds. The fourth-order valence-electron chi connectivity index (χ4n) is 2.34. The smallest absolute Gasteiger partial charge is 0.122 e. The van der Waals surface area contributed by atoms with Crippen molar-refractivity contribution >= 4 is 27.3 Å². The molecule has 0 aliphatic carbocycles. The molecule has 21 heavy (non-hydrogen) atoms. The minimum atomic E-state index is 0.330. The van der Waals surface area contributed by atoms with E-state index in [4.69, 9.17) is 4.74 Å². The largest absolute Gasteiger partial charge is 0.496 e. The van der Waals surface area contributed by atoms with Crippen molar-refractivity contribution in [2.75, 3.05) is 13.7 Å². The molecule has 1 aromatic carbocycles. The van der Waals surface area contributed by atoms with E-state index in [0.717, 1.165) is 25.1 Å². The minimum Gasteiger partial charge on any atom is -0.496 e. The van der Waals surface area contributed by atoms with Crippen molar-refractivity contribution in [1.29, 1.82) is 0 Å². The highest BCUT2D eigenvalue weighted by Gasteiger charge is 2.17. The van der Waals surface area contributed by atoms with Crippen LogP contribution in [0.15, 0.2) is 34.1 Å². The molecule has 1 heterocycles. The number of thiophene rings is 1. The number of rotatable bonds is 7. The van der Waals surface area contributed by atoms with Crippen LogP contribution in [-0.4, -0.2) is 13.7 Å². The van der Waals surface area contributed by atoms with Crippen LogP contribution in [0, 0.1) is 6.92 Å². The lowest BCUT2D eigenvalue weighted by molar-refractivity contribution is 0.405. The maximum Gasteiger partial charge on any atom is 0.122 e. The van der Waals surface area contributed by atoms with Crippen molar-refractivity contribution in [3.63, 3.8) is 0 Å². The Labute approximate surface area is 139 Å². The van der Waals surface area contributed by atoms with Gasteiger partial charge in [0.25, 0.3) is 0 Å². The highest BCUT2D eigenvalue weighted by atomic mass is 79.9. The third-order valence-corrected chi connectivity index (χ3v) is 5.73. The molecule has 1 aromatic heterocycles. The summed E-state index contributed by atoms with van der Waals surface area (Å²) in [5.41, 5.74) is 2.55. The molecule has 114 valence electrons. The highest BCUT2D eigenvalue weighted by Crippen LogP contribution is 2.34. The Kier molecular flexibility index (Phi) is 6.27. The summed E-state index contributed by atoms with van der Waals surface area (Å²) in [5, 5.41) is 3.66. The summed E-state index contributed by atoms with van der Waals surface area (Å²) in [5.74, 6) is 0.966. The van der Waals surface area contributed by atoms with E-state index in [1.54, 1.807) is 7.11 Å². The van der Waals surface area contributed by atoms with E-state index >= 15 is 0 Å². The summed E-state index contributed by atoms with van der Waals surface area (Å²) in [6, 6.07) is 10.9. The van der Waals surface area contributed by atoms with Gasteiger partial charge in [0.2, 0.25) is 0 Å². The van der Waals surface area contributed by atoms with Crippen molar-refractivity contribution in [3.8, 4) is 5.75 Å². The normalized spacial score (nSPS) is 12.4. The number of methoxy groups -OCH3 is 1. The van der Waals surface area contributed by atoms with Crippen molar-refractivity contribution in [2.24, 2.45) is 0 Å². The van der Waals surface area contributed by atoms with Crippen molar-refractivity contribution < 1.29 is 4.74 Å². The van der Waals surface area contributed by atoms with Gasteiger partial charge in [-0.15, -0.1) is 11.3 Å². The lowest BCUT2D eigenvalue weighted by Crippen LogP contribution is -2.23. The molecule has 1 N–H and O–H groups in total. The number of nitrogens with one attached hydrogen (secondary N) is 1. The molecule has 0 aliphatic rings. The molecule has 0 saturated carbocycles. The van der Waals surface area contributed by atoms with E-state index in [0.29, 0.717) is 6.04 Å². The Morgan fingerprint density at radius 1 is 1.33 bits per heavy atom. The Bertz CT molecular complexity index is 562. The zero-order valence-electron chi connectivity index (χ0n) is 12.8. The zero-order valence-corrected chi connectivity index (χ0v) is 15.2. The Morgan fingerprint density at radius 3 is 2.71 bits per heavy atom. The van der Waals surface area contributed by atoms with Gasteiger partial charge >= 0.3 is 0 Å². The standard InChI is InChI=1S/C17H22BrNOS/c1-4-9-19-14(16-10-12(2)17(18)21-16)11-13-7-5-6-8-15(13)20-3/h5-8,10,14,19H,4,9,11H2,1-3H3. The minimum absolute atomic E-state index is 0.330. The summed E-state index contributed by atoms with van der Waals surface area (Å²) in [6.45, 7) is 5.36. The first-order valence-corrected chi connectivity index (χ1v) is 8.87. The van der Waals surface area contributed by atoms with E-state index in [9.17, 15) is 0 Å². The van der Waals surface area contributed by atoms with Crippen LogP contribution in [0.25, 0.3) is 0 Å². The molecule has 2 nitrogen and oxygen atoms in total. The number of aryl methyl sites for hydroxylation is 1. The number of hydrogen-bond acceptors (Lipinski definition) is 3. The van der Waals surface area contributed by atoms with Gasteiger partial charge in [-0.3, -0.25) is 0 Å². The summed E-state index contributed by atoms with van der Waals surface area (Å²) < 4.78 is 6.70. The quantitative estimate of drug-likeness (QED) is 0.733. The number of halogens is 1. The van der Waals surface area contributed by atoms with Crippen LogP contribution in [0.1, 0.15) is 35.4 Å². The van der Waals surface area contributed by atoms with Crippen molar-refractivity contribution in [1.82, 2.24) is 5.32 Å². The lowest BCUT2D eigenvalue weighted by atomic mass is 10.0. The number of hydrogen-bond donors (Lipinski definition) is 1. The predicted molar refractivity (Wildman–Crippen MR) is 94.5 cm³/mol. The molecule has 0 aliphatic heterocycles. The molecule has 2 rings (SSSR count). The number of para-hydroxylation sites is 1. The van der Waals surface area contributed by atoms with Crippen LogP contribution in [0.3, 0.4) is 0 Å². The van der Waals surface area contributed by atoms with Gasteiger partial charge in [-0.05, 0) is 65.5 Å². The predicted octanol–water partition coefficient (Wildman–Crippen LogP) is 5.11. The number of ether oxygens (including phenoxy) is 1. The van der Waals surface area contributed by atoms with Crippen LogP contribution in [-0.2, 0) is 6.42 Å². The first-order chi connectivity index (χ1) is 10.2. The van der Waals surface area contributed by atoms with E-state index < -0.39 is 0 Å². The van der Waals surface area contributed by atoms with Crippen LogP contribution >= 0.6 is 27.3 Å². The summed E-state index contributed by atoms with van der Waals surface area (Å²) in [7, 11) is 1.74. The molecule has 4 heteroatoms. The zero-order chi connectivity index (χ0) is 15.2. The molecule has 1 unspecified atom stereocenters. The molecule has 0 spiro atoms. The summed E-state index contributed by atoms with van der Waals surface area (Å²) >= 11 is 5.45. The van der Waals surface area contributed by atoms with Gasteiger partial charge in [0.1, 0.15) is 5.75 Å². The first kappa shape index (κ1) is 16.5. The molecular formula is C17H22BrNOS. The average Bonchev–Trinajstić information content (AvgIpc) is 2.83. The van der Waals surface area contributed by atoms with Crippen molar-refractivity contribution in [2.45, 2.75) is 32.7 Å². The highest BCUT2D eigenvalue weighted by molar-refractivity contribution is 9.11. The Balaban J connectivity index is 2.23. The van der Waals surface area contributed by atoms with Gasteiger partial charge in [-0.2, -0.15) is 0 Å². The Hall–Kier alpha value is -0.840. The van der Waals surface area contributed by atoms with E-state index in [1.165, 1.54) is 19.8 Å². The summed E-state index contributed by atoms with van der Waals surface area (Å²) in [6.07, 6.45) is 2.07.